The van der Waals surface area contributed by atoms with Crippen molar-refractivity contribution in [2.24, 2.45) is 0 Å². The third-order valence-corrected chi connectivity index (χ3v) is 5.31. The summed E-state index contributed by atoms with van der Waals surface area (Å²) < 4.78 is 26.5. The van der Waals surface area contributed by atoms with E-state index >= 15 is 0 Å². The minimum Gasteiger partial charge on any atom is -0.478 e. The molecule has 0 fully saturated rings. The summed E-state index contributed by atoms with van der Waals surface area (Å²) in [7, 11) is -3.75. The molecule has 112 valence electrons. The highest BCUT2D eigenvalue weighted by Gasteiger charge is 2.16. The van der Waals surface area contributed by atoms with Crippen molar-refractivity contribution in [3.8, 4) is 0 Å². The average molecular weight is 326 g/mol. The number of aromatic nitrogens is 1. The van der Waals surface area contributed by atoms with Gasteiger partial charge in [0.05, 0.1) is 5.56 Å². The van der Waals surface area contributed by atoms with Crippen molar-refractivity contribution >= 4 is 27.3 Å². The maximum Gasteiger partial charge on any atom is 0.337 e. The number of pyridine rings is 1. The molecule has 0 atom stereocenters. The predicted octanol–water partition coefficient (Wildman–Crippen LogP) is 1.88. The van der Waals surface area contributed by atoms with Gasteiger partial charge >= 0.3 is 5.97 Å². The van der Waals surface area contributed by atoms with Crippen LogP contribution in [0, 0.1) is 0 Å². The van der Waals surface area contributed by atoms with Gasteiger partial charge in [0.2, 0.25) is 0 Å². The number of rotatable bonds is 6. The number of nitrogens with zero attached hydrogens (tertiary/aromatic N) is 1. The molecule has 0 saturated carbocycles. The van der Waals surface area contributed by atoms with Gasteiger partial charge in [0.25, 0.3) is 10.0 Å². The van der Waals surface area contributed by atoms with Gasteiger partial charge in [-0.25, -0.2) is 22.9 Å². The highest BCUT2D eigenvalue weighted by atomic mass is 32.2. The Morgan fingerprint density at radius 3 is 2.52 bits per heavy atom. The van der Waals surface area contributed by atoms with Crippen LogP contribution in [-0.4, -0.2) is 24.5 Å². The number of aryl methyl sites for hydroxylation is 1. The van der Waals surface area contributed by atoms with Gasteiger partial charge in [-0.3, -0.25) is 0 Å². The predicted molar refractivity (Wildman–Crippen MR) is 78.9 cm³/mol. The number of aromatic carboxylic acids is 1. The molecule has 0 radical (unpaired) electrons. The Hall–Kier alpha value is -1.77. The normalized spacial score (nSPS) is 11.5. The smallest absolute Gasteiger partial charge is 0.337 e. The molecule has 0 unspecified atom stereocenters. The molecule has 6 nitrogen and oxygen atoms in total. The van der Waals surface area contributed by atoms with Crippen LogP contribution in [0.15, 0.2) is 35.5 Å². The Morgan fingerprint density at radius 2 is 2.00 bits per heavy atom. The van der Waals surface area contributed by atoms with Crippen LogP contribution in [0.3, 0.4) is 0 Å². The summed E-state index contributed by atoms with van der Waals surface area (Å²) in [4.78, 5) is 16.5. The Labute approximate surface area is 126 Å². The number of hydrogen-bond donors (Lipinski definition) is 2. The first-order valence-corrected chi connectivity index (χ1v) is 8.49. The Kier molecular flexibility index (Phi) is 4.71. The summed E-state index contributed by atoms with van der Waals surface area (Å²) in [5.41, 5.74) is -0.0557. The van der Waals surface area contributed by atoms with Crippen molar-refractivity contribution in [3.05, 3.63) is 45.8 Å². The number of carboxylic acids is 1. The molecule has 2 rings (SSSR count). The number of nitrogens with one attached hydrogen (secondary N) is 1. The molecule has 0 aliphatic rings. The third kappa shape index (κ3) is 3.87. The molecule has 8 heteroatoms. The van der Waals surface area contributed by atoms with Crippen LogP contribution in [0.5, 0.6) is 0 Å². The number of sulfonamides is 1. The van der Waals surface area contributed by atoms with Gasteiger partial charge in [0.1, 0.15) is 0 Å². The van der Waals surface area contributed by atoms with E-state index in [1.807, 2.05) is 19.1 Å². The van der Waals surface area contributed by atoms with Gasteiger partial charge in [0.15, 0.2) is 5.03 Å². The molecule has 0 saturated heterocycles. The molecule has 21 heavy (non-hydrogen) atoms. The molecule has 0 aromatic carbocycles. The maximum atomic E-state index is 12.0. The van der Waals surface area contributed by atoms with E-state index in [1.54, 1.807) is 11.3 Å². The Balaban J connectivity index is 2.09. The van der Waals surface area contributed by atoms with E-state index in [4.69, 9.17) is 5.11 Å². The zero-order valence-corrected chi connectivity index (χ0v) is 12.9. The number of thiophene rings is 1. The first-order chi connectivity index (χ1) is 9.92. The van der Waals surface area contributed by atoms with Crippen LogP contribution in [0.1, 0.15) is 27.0 Å². The fourth-order valence-corrected chi connectivity index (χ4v) is 3.53. The number of carboxylic acid groups (broad SMARTS) is 1. The molecule has 2 N–H and O–H groups in total. The van der Waals surface area contributed by atoms with Crippen molar-refractivity contribution in [2.75, 3.05) is 0 Å². The van der Waals surface area contributed by atoms with Crippen LogP contribution in [0.25, 0.3) is 0 Å². The molecule has 0 amide bonds. The van der Waals surface area contributed by atoms with Gasteiger partial charge in [0, 0.05) is 22.5 Å². The second-order valence-electron chi connectivity index (χ2n) is 4.24. The molecule has 0 bridgehead atoms. The van der Waals surface area contributed by atoms with E-state index in [0.717, 1.165) is 17.5 Å². The van der Waals surface area contributed by atoms with Gasteiger partial charge in [-0.2, -0.15) is 0 Å². The molecular formula is C13H14N2O4S2. The van der Waals surface area contributed by atoms with Gasteiger partial charge < -0.3 is 5.11 Å². The van der Waals surface area contributed by atoms with Crippen LogP contribution in [0.2, 0.25) is 0 Å². The van der Waals surface area contributed by atoms with E-state index in [9.17, 15) is 13.2 Å². The molecule has 2 aromatic heterocycles. The molecule has 0 aliphatic carbocycles. The standard InChI is InChI=1S/C13H14N2O4S2/c1-2-10-4-5-11(20-10)8-15-21(18,19)12-6-3-9(7-14-12)13(16)17/h3-7,15H,2,8H2,1H3,(H,16,17). The Morgan fingerprint density at radius 1 is 1.29 bits per heavy atom. The highest BCUT2D eigenvalue weighted by Crippen LogP contribution is 2.17. The summed E-state index contributed by atoms with van der Waals surface area (Å²) >= 11 is 1.55. The van der Waals surface area contributed by atoms with Crippen LogP contribution < -0.4 is 4.72 Å². The zero-order chi connectivity index (χ0) is 15.5. The fraction of sp³-hybridized carbons (Fsp3) is 0.231. The molecule has 2 heterocycles. The van der Waals surface area contributed by atoms with Crippen molar-refractivity contribution in [1.29, 1.82) is 0 Å². The minimum absolute atomic E-state index is 0.0557. The number of carbonyl (C=O) groups is 1. The quantitative estimate of drug-likeness (QED) is 0.845. The minimum atomic E-state index is -3.75. The topological polar surface area (TPSA) is 96.4 Å². The van der Waals surface area contributed by atoms with E-state index in [0.29, 0.717) is 0 Å². The molecule has 0 spiro atoms. The summed E-state index contributed by atoms with van der Waals surface area (Å²) in [5, 5.41) is 8.56. The van der Waals surface area contributed by atoms with Crippen molar-refractivity contribution in [2.45, 2.75) is 24.9 Å². The third-order valence-electron chi connectivity index (χ3n) is 2.76. The summed E-state index contributed by atoms with van der Waals surface area (Å²) in [6, 6.07) is 6.24. The highest BCUT2D eigenvalue weighted by molar-refractivity contribution is 7.89. The largest absolute Gasteiger partial charge is 0.478 e. The van der Waals surface area contributed by atoms with E-state index in [1.165, 1.54) is 17.0 Å². The SMILES string of the molecule is CCc1ccc(CNS(=O)(=O)c2ccc(C(=O)O)cn2)s1. The van der Waals surface area contributed by atoms with Crippen LogP contribution in [0.4, 0.5) is 0 Å². The second-order valence-corrected chi connectivity index (χ2v) is 7.20. The lowest BCUT2D eigenvalue weighted by atomic mass is 10.3. The van der Waals surface area contributed by atoms with Gasteiger partial charge in [-0.1, -0.05) is 6.92 Å². The Bertz CT molecular complexity index is 736. The zero-order valence-electron chi connectivity index (χ0n) is 11.2. The second kappa shape index (κ2) is 6.33. The maximum absolute atomic E-state index is 12.0. The fourth-order valence-electron chi connectivity index (χ4n) is 1.61. The van der Waals surface area contributed by atoms with E-state index < -0.39 is 16.0 Å². The summed E-state index contributed by atoms with van der Waals surface area (Å²) in [5.74, 6) is -1.15. The monoisotopic (exact) mass is 326 g/mol. The number of hydrogen-bond acceptors (Lipinski definition) is 5. The van der Waals surface area contributed by atoms with Gasteiger partial charge in [-0.05, 0) is 30.7 Å². The summed E-state index contributed by atoms with van der Waals surface area (Å²) in [6.45, 7) is 2.23. The lowest BCUT2D eigenvalue weighted by molar-refractivity contribution is 0.0696. The lowest BCUT2D eigenvalue weighted by Crippen LogP contribution is -2.23. The molecule has 0 aliphatic heterocycles. The van der Waals surface area contributed by atoms with Crippen molar-refractivity contribution in [3.63, 3.8) is 0 Å². The van der Waals surface area contributed by atoms with Gasteiger partial charge in [-0.15, -0.1) is 11.3 Å². The first-order valence-electron chi connectivity index (χ1n) is 6.19. The summed E-state index contributed by atoms with van der Waals surface area (Å²) in [6.07, 6.45) is 1.94. The van der Waals surface area contributed by atoms with Crippen molar-refractivity contribution < 1.29 is 18.3 Å². The molecule has 2 aromatic rings. The lowest BCUT2D eigenvalue weighted by Gasteiger charge is -2.05. The van der Waals surface area contributed by atoms with Crippen molar-refractivity contribution in [1.82, 2.24) is 9.71 Å². The first kappa shape index (κ1) is 15.6. The van der Waals surface area contributed by atoms with Crippen LogP contribution in [-0.2, 0) is 23.0 Å². The van der Waals surface area contributed by atoms with Crippen LogP contribution >= 0.6 is 11.3 Å². The average Bonchev–Trinajstić information content (AvgIpc) is 2.93. The van der Waals surface area contributed by atoms with E-state index in [-0.39, 0.29) is 17.1 Å². The molecular weight excluding hydrogens is 312 g/mol. The van der Waals surface area contributed by atoms with E-state index in [2.05, 4.69) is 9.71 Å².